The van der Waals surface area contributed by atoms with E-state index in [1.807, 2.05) is 43.3 Å². The number of rotatable bonds is 2. The number of carbonyl (C=O) groups excluding carboxylic acids is 1. The van der Waals surface area contributed by atoms with Crippen LogP contribution in [0.4, 0.5) is 5.88 Å². The van der Waals surface area contributed by atoms with E-state index in [-0.39, 0.29) is 11.7 Å². The number of furan rings is 1. The number of nitrogen functional groups attached to an aromatic ring is 1. The maximum atomic E-state index is 12.5. The Bertz CT molecular complexity index is 757. The predicted molar refractivity (Wildman–Crippen MR) is 75.2 cm³/mol. The van der Waals surface area contributed by atoms with Crippen molar-refractivity contribution in [1.29, 1.82) is 0 Å². The molecule has 0 saturated carbocycles. The molecule has 0 amide bonds. The number of benzene rings is 2. The van der Waals surface area contributed by atoms with Gasteiger partial charge in [-0.3, -0.25) is 4.79 Å². The van der Waals surface area contributed by atoms with Crippen LogP contribution in [-0.4, -0.2) is 5.78 Å². The fourth-order valence-electron chi connectivity index (χ4n) is 2.25. The van der Waals surface area contributed by atoms with Crippen LogP contribution in [0.15, 0.2) is 52.9 Å². The third-order valence-corrected chi connectivity index (χ3v) is 3.20. The first kappa shape index (κ1) is 11.5. The monoisotopic (exact) mass is 251 g/mol. The number of nitrogens with two attached hydrogens (primary N) is 1. The Labute approximate surface area is 110 Å². The lowest BCUT2D eigenvalue weighted by Crippen LogP contribution is -2.03. The van der Waals surface area contributed by atoms with Gasteiger partial charge in [0.15, 0.2) is 5.78 Å². The third kappa shape index (κ3) is 1.80. The first-order valence-corrected chi connectivity index (χ1v) is 6.06. The fraction of sp³-hybridized carbons (Fsp3) is 0.0625. The SMILES string of the molecule is Cc1cccc2c(C(=O)c3ccccc3)c(N)oc12. The Morgan fingerprint density at radius 1 is 1.05 bits per heavy atom. The molecule has 3 rings (SSSR count). The largest absolute Gasteiger partial charge is 0.440 e. The summed E-state index contributed by atoms with van der Waals surface area (Å²) in [6.07, 6.45) is 0. The van der Waals surface area contributed by atoms with Crippen LogP contribution in [0.3, 0.4) is 0 Å². The van der Waals surface area contributed by atoms with Crippen LogP contribution in [0.25, 0.3) is 11.0 Å². The molecule has 0 aliphatic carbocycles. The lowest BCUT2D eigenvalue weighted by atomic mass is 10.0. The Kier molecular flexibility index (Phi) is 2.60. The summed E-state index contributed by atoms with van der Waals surface area (Å²) >= 11 is 0. The van der Waals surface area contributed by atoms with Crippen molar-refractivity contribution in [3.63, 3.8) is 0 Å². The number of para-hydroxylation sites is 1. The van der Waals surface area contributed by atoms with Crippen LogP contribution in [0.5, 0.6) is 0 Å². The predicted octanol–water partition coefficient (Wildman–Crippen LogP) is 3.55. The zero-order valence-corrected chi connectivity index (χ0v) is 10.5. The molecule has 94 valence electrons. The van der Waals surface area contributed by atoms with E-state index in [1.54, 1.807) is 12.1 Å². The summed E-state index contributed by atoms with van der Waals surface area (Å²) in [5.74, 6) is 0.0700. The van der Waals surface area contributed by atoms with Crippen molar-refractivity contribution in [2.45, 2.75) is 6.92 Å². The molecule has 2 N–H and O–H groups in total. The van der Waals surface area contributed by atoms with E-state index in [1.165, 1.54) is 0 Å². The van der Waals surface area contributed by atoms with E-state index >= 15 is 0 Å². The van der Waals surface area contributed by atoms with Crippen molar-refractivity contribution >= 4 is 22.6 Å². The average Bonchev–Trinajstić information content (AvgIpc) is 2.77. The van der Waals surface area contributed by atoms with Crippen molar-refractivity contribution in [3.05, 3.63) is 65.2 Å². The van der Waals surface area contributed by atoms with Gasteiger partial charge in [0, 0.05) is 10.9 Å². The van der Waals surface area contributed by atoms with Gasteiger partial charge < -0.3 is 10.2 Å². The highest BCUT2D eigenvalue weighted by molar-refractivity contribution is 6.19. The lowest BCUT2D eigenvalue weighted by molar-refractivity contribution is 0.104. The number of carbonyl (C=O) groups is 1. The van der Waals surface area contributed by atoms with Crippen LogP contribution in [0.2, 0.25) is 0 Å². The highest BCUT2D eigenvalue weighted by atomic mass is 16.3. The molecular weight excluding hydrogens is 238 g/mol. The summed E-state index contributed by atoms with van der Waals surface area (Å²) in [5.41, 5.74) is 8.58. The molecule has 3 aromatic rings. The molecule has 3 heteroatoms. The number of ketones is 1. The van der Waals surface area contributed by atoms with E-state index in [2.05, 4.69) is 0 Å². The van der Waals surface area contributed by atoms with Gasteiger partial charge in [-0.25, -0.2) is 0 Å². The summed E-state index contributed by atoms with van der Waals surface area (Å²) in [6, 6.07) is 14.8. The average molecular weight is 251 g/mol. The molecular formula is C16H13NO2. The molecule has 0 bridgehead atoms. The van der Waals surface area contributed by atoms with E-state index in [0.717, 1.165) is 10.9 Å². The van der Waals surface area contributed by atoms with Crippen molar-refractivity contribution < 1.29 is 9.21 Å². The Morgan fingerprint density at radius 3 is 2.53 bits per heavy atom. The molecule has 0 aliphatic rings. The van der Waals surface area contributed by atoms with E-state index in [9.17, 15) is 4.79 Å². The topological polar surface area (TPSA) is 56.2 Å². The maximum absolute atomic E-state index is 12.5. The Balaban J connectivity index is 2.24. The summed E-state index contributed by atoms with van der Waals surface area (Å²) in [7, 11) is 0. The van der Waals surface area contributed by atoms with E-state index < -0.39 is 0 Å². The van der Waals surface area contributed by atoms with Gasteiger partial charge in [-0.05, 0) is 12.5 Å². The zero-order chi connectivity index (χ0) is 13.4. The second-order valence-corrected chi connectivity index (χ2v) is 4.49. The van der Waals surface area contributed by atoms with Gasteiger partial charge in [0.25, 0.3) is 0 Å². The number of hydrogen-bond acceptors (Lipinski definition) is 3. The number of hydrogen-bond donors (Lipinski definition) is 1. The Morgan fingerprint density at radius 2 is 1.79 bits per heavy atom. The molecule has 19 heavy (non-hydrogen) atoms. The minimum absolute atomic E-state index is 0.109. The van der Waals surface area contributed by atoms with Gasteiger partial charge in [-0.15, -0.1) is 0 Å². The van der Waals surface area contributed by atoms with Crippen LogP contribution in [0, 0.1) is 6.92 Å². The van der Waals surface area contributed by atoms with Crippen LogP contribution in [-0.2, 0) is 0 Å². The zero-order valence-electron chi connectivity index (χ0n) is 10.5. The summed E-state index contributed by atoms with van der Waals surface area (Å²) in [4.78, 5) is 12.5. The van der Waals surface area contributed by atoms with Crippen molar-refractivity contribution in [2.24, 2.45) is 0 Å². The molecule has 2 aromatic carbocycles. The first-order valence-electron chi connectivity index (χ1n) is 6.06. The molecule has 0 aliphatic heterocycles. The van der Waals surface area contributed by atoms with Gasteiger partial charge in [-0.1, -0.05) is 48.5 Å². The summed E-state index contributed by atoms with van der Waals surface area (Å²) in [6.45, 7) is 1.93. The molecule has 1 aromatic heterocycles. The maximum Gasteiger partial charge on any atom is 0.202 e. The molecule has 3 nitrogen and oxygen atoms in total. The first-order chi connectivity index (χ1) is 9.18. The minimum Gasteiger partial charge on any atom is -0.440 e. The van der Waals surface area contributed by atoms with E-state index in [0.29, 0.717) is 16.7 Å². The summed E-state index contributed by atoms with van der Waals surface area (Å²) < 4.78 is 5.53. The molecule has 1 heterocycles. The highest BCUT2D eigenvalue weighted by Crippen LogP contribution is 2.31. The van der Waals surface area contributed by atoms with Crippen LogP contribution < -0.4 is 5.73 Å². The number of anilines is 1. The molecule has 0 unspecified atom stereocenters. The molecule has 0 atom stereocenters. The smallest absolute Gasteiger partial charge is 0.202 e. The van der Waals surface area contributed by atoms with Crippen molar-refractivity contribution in [1.82, 2.24) is 0 Å². The molecule has 0 spiro atoms. The Hall–Kier alpha value is -2.55. The van der Waals surface area contributed by atoms with Gasteiger partial charge >= 0.3 is 0 Å². The van der Waals surface area contributed by atoms with Gasteiger partial charge in [0.05, 0.1) is 5.56 Å². The van der Waals surface area contributed by atoms with Gasteiger partial charge in [-0.2, -0.15) is 0 Å². The standard InChI is InChI=1S/C16H13NO2/c1-10-6-5-9-12-13(16(17)19-15(10)12)14(18)11-7-3-2-4-8-11/h2-9H,17H2,1H3. The molecule has 0 radical (unpaired) electrons. The van der Waals surface area contributed by atoms with Crippen molar-refractivity contribution in [3.8, 4) is 0 Å². The minimum atomic E-state index is -0.109. The summed E-state index contributed by atoms with van der Waals surface area (Å²) in [5, 5.41) is 0.770. The molecule has 0 fully saturated rings. The third-order valence-electron chi connectivity index (χ3n) is 3.20. The normalized spacial score (nSPS) is 10.8. The second-order valence-electron chi connectivity index (χ2n) is 4.49. The van der Waals surface area contributed by atoms with Crippen molar-refractivity contribution in [2.75, 3.05) is 5.73 Å². The fourth-order valence-corrected chi connectivity index (χ4v) is 2.25. The van der Waals surface area contributed by atoms with Gasteiger partial charge in [0.2, 0.25) is 5.88 Å². The second kappa shape index (κ2) is 4.28. The number of fused-ring (bicyclic) bond motifs is 1. The van der Waals surface area contributed by atoms with Gasteiger partial charge in [0.1, 0.15) is 5.58 Å². The van der Waals surface area contributed by atoms with E-state index in [4.69, 9.17) is 10.2 Å². The lowest BCUT2D eigenvalue weighted by Gasteiger charge is -1.99. The highest BCUT2D eigenvalue weighted by Gasteiger charge is 2.20. The number of aryl methyl sites for hydroxylation is 1. The van der Waals surface area contributed by atoms with Crippen LogP contribution >= 0.6 is 0 Å². The van der Waals surface area contributed by atoms with Crippen LogP contribution in [0.1, 0.15) is 21.5 Å². The quantitative estimate of drug-likeness (QED) is 0.708. The molecule has 0 saturated heterocycles.